The Kier molecular flexibility index (Phi) is 5.15. The summed E-state index contributed by atoms with van der Waals surface area (Å²) in [7, 11) is 0. The predicted molar refractivity (Wildman–Crippen MR) is 103 cm³/mol. The van der Waals surface area contributed by atoms with E-state index in [0.29, 0.717) is 12.2 Å². The molecule has 1 unspecified atom stereocenters. The van der Waals surface area contributed by atoms with Crippen LogP contribution in [0.5, 0.6) is 0 Å². The van der Waals surface area contributed by atoms with Gasteiger partial charge in [-0.25, -0.2) is 4.79 Å². The molecule has 3 aromatic carbocycles. The van der Waals surface area contributed by atoms with Crippen LogP contribution in [0.2, 0.25) is 0 Å². The molecular weight excluding hydrogens is 310 g/mol. The molecule has 3 aromatic rings. The number of carbonyl (C=O) groups is 1. The second kappa shape index (κ2) is 7.49. The van der Waals surface area contributed by atoms with Crippen LogP contribution in [-0.2, 0) is 11.2 Å². The molecule has 0 radical (unpaired) electrons. The number of carbonyl (C=O) groups excluding carboxylic acids is 1. The molecule has 0 spiro atoms. The second-order valence-corrected chi connectivity index (χ2v) is 6.31. The summed E-state index contributed by atoms with van der Waals surface area (Å²) in [6.45, 7) is 4.20. The Balaban J connectivity index is 2.05. The molecule has 0 amide bonds. The van der Waals surface area contributed by atoms with Crippen molar-refractivity contribution in [2.24, 2.45) is 5.73 Å². The monoisotopic (exact) mass is 333 g/mol. The topological polar surface area (TPSA) is 52.3 Å². The average molecular weight is 333 g/mol. The molecule has 0 aliphatic heterocycles. The summed E-state index contributed by atoms with van der Waals surface area (Å²) in [4.78, 5) is 12.2. The third-order valence-electron chi connectivity index (χ3n) is 4.24. The van der Waals surface area contributed by atoms with Crippen LogP contribution in [0.25, 0.3) is 21.9 Å². The first-order valence-electron chi connectivity index (χ1n) is 8.64. The highest BCUT2D eigenvalue weighted by molar-refractivity contribution is 6.08. The molecule has 2 N–H and O–H groups in total. The number of hydrogen-bond donors (Lipinski definition) is 1. The van der Waals surface area contributed by atoms with E-state index in [1.165, 1.54) is 5.56 Å². The molecule has 3 rings (SSSR count). The van der Waals surface area contributed by atoms with E-state index >= 15 is 0 Å². The molecule has 3 heteroatoms. The molecule has 0 aromatic heterocycles. The lowest BCUT2D eigenvalue weighted by molar-refractivity contribution is 0.0528. The van der Waals surface area contributed by atoms with Gasteiger partial charge in [0.25, 0.3) is 0 Å². The Bertz CT molecular complexity index is 882. The quantitative estimate of drug-likeness (QED) is 0.696. The van der Waals surface area contributed by atoms with Crippen LogP contribution in [0.15, 0.2) is 60.7 Å². The van der Waals surface area contributed by atoms with Crippen molar-refractivity contribution >= 4 is 16.7 Å². The lowest BCUT2D eigenvalue weighted by Crippen LogP contribution is -2.17. The molecule has 0 bridgehead atoms. The Labute approximate surface area is 148 Å². The number of esters is 1. The van der Waals surface area contributed by atoms with Crippen molar-refractivity contribution in [1.29, 1.82) is 0 Å². The van der Waals surface area contributed by atoms with Crippen LogP contribution in [0.4, 0.5) is 0 Å². The van der Waals surface area contributed by atoms with Crippen molar-refractivity contribution in [1.82, 2.24) is 0 Å². The zero-order chi connectivity index (χ0) is 17.8. The fourth-order valence-electron chi connectivity index (χ4n) is 3.14. The molecule has 0 fully saturated rings. The number of nitrogens with two attached hydrogens (primary N) is 1. The highest BCUT2D eigenvalue weighted by Crippen LogP contribution is 2.31. The molecule has 3 nitrogen and oxygen atoms in total. The predicted octanol–water partition coefficient (Wildman–Crippen LogP) is 4.57. The van der Waals surface area contributed by atoms with Crippen LogP contribution >= 0.6 is 0 Å². The largest absolute Gasteiger partial charge is 0.462 e. The zero-order valence-corrected chi connectivity index (χ0v) is 14.7. The minimum atomic E-state index is -0.280. The maximum Gasteiger partial charge on any atom is 0.338 e. The van der Waals surface area contributed by atoms with Gasteiger partial charge in [0.15, 0.2) is 0 Å². The van der Waals surface area contributed by atoms with E-state index in [-0.39, 0.29) is 12.0 Å². The number of hydrogen-bond acceptors (Lipinski definition) is 3. The van der Waals surface area contributed by atoms with E-state index in [2.05, 4.69) is 30.3 Å². The first-order chi connectivity index (χ1) is 12.1. The van der Waals surface area contributed by atoms with Crippen LogP contribution < -0.4 is 5.73 Å². The zero-order valence-electron chi connectivity index (χ0n) is 14.7. The summed E-state index contributed by atoms with van der Waals surface area (Å²) >= 11 is 0. The minimum Gasteiger partial charge on any atom is -0.462 e. The lowest BCUT2D eigenvalue weighted by atomic mass is 9.94. The van der Waals surface area contributed by atoms with E-state index < -0.39 is 0 Å². The Morgan fingerprint density at radius 1 is 1.00 bits per heavy atom. The van der Waals surface area contributed by atoms with Gasteiger partial charge in [-0.3, -0.25) is 0 Å². The van der Waals surface area contributed by atoms with Gasteiger partial charge in [0.2, 0.25) is 0 Å². The van der Waals surface area contributed by atoms with Crippen molar-refractivity contribution in [2.45, 2.75) is 26.3 Å². The van der Waals surface area contributed by atoms with Gasteiger partial charge in [-0.1, -0.05) is 54.6 Å². The first-order valence-corrected chi connectivity index (χ1v) is 8.64. The van der Waals surface area contributed by atoms with E-state index in [0.717, 1.165) is 28.3 Å². The van der Waals surface area contributed by atoms with Crippen LogP contribution in [0.1, 0.15) is 29.8 Å². The number of ether oxygens (including phenoxy) is 1. The van der Waals surface area contributed by atoms with Gasteiger partial charge in [0, 0.05) is 6.04 Å². The van der Waals surface area contributed by atoms with Crippen molar-refractivity contribution < 1.29 is 9.53 Å². The number of fused-ring (bicyclic) bond motifs is 1. The lowest BCUT2D eigenvalue weighted by Gasteiger charge is -2.11. The highest BCUT2D eigenvalue weighted by atomic mass is 16.5. The van der Waals surface area contributed by atoms with Crippen LogP contribution in [-0.4, -0.2) is 18.6 Å². The summed E-state index contributed by atoms with van der Waals surface area (Å²) < 4.78 is 5.18. The van der Waals surface area contributed by atoms with E-state index in [1.807, 2.05) is 44.2 Å². The van der Waals surface area contributed by atoms with Crippen molar-refractivity contribution in [3.05, 3.63) is 71.8 Å². The summed E-state index contributed by atoms with van der Waals surface area (Å²) in [5, 5.41) is 1.96. The third kappa shape index (κ3) is 3.72. The minimum absolute atomic E-state index is 0.149. The molecule has 1 atom stereocenters. The highest BCUT2D eigenvalue weighted by Gasteiger charge is 2.13. The Hall–Kier alpha value is -2.65. The van der Waals surface area contributed by atoms with Gasteiger partial charge in [-0.2, -0.15) is 0 Å². The van der Waals surface area contributed by atoms with Gasteiger partial charge in [-0.15, -0.1) is 0 Å². The SMILES string of the molecule is CCOC(=O)c1cccc2c(-c3ccc(CC(C)N)cc3)cccc12. The summed E-state index contributed by atoms with van der Waals surface area (Å²) in [6, 6.07) is 20.4. The summed E-state index contributed by atoms with van der Waals surface area (Å²) in [5.74, 6) is -0.280. The number of rotatable bonds is 5. The fraction of sp³-hybridized carbons (Fsp3) is 0.227. The summed E-state index contributed by atoms with van der Waals surface area (Å²) in [6.07, 6.45) is 0.864. The van der Waals surface area contributed by atoms with Gasteiger partial charge in [0.1, 0.15) is 0 Å². The summed E-state index contributed by atoms with van der Waals surface area (Å²) in [5.41, 5.74) is 9.94. The molecule has 0 heterocycles. The van der Waals surface area contributed by atoms with E-state index in [1.54, 1.807) is 0 Å². The van der Waals surface area contributed by atoms with Gasteiger partial charge in [-0.05, 0) is 53.8 Å². The second-order valence-electron chi connectivity index (χ2n) is 6.31. The average Bonchev–Trinajstić information content (AvgIpc) is 2.61. The molecule has 25 heavy (non-hydrogen) atoms. The van der Waals surface area contributed by atoms with Crippen LogP contribution in [0, 0.1) is 0 Å². The fourth-order valence-corrected chi connectivity index (χ4v) is 3.14. The molecular formula is C22H23NO2. The molecule has 0 aliphatic rings. The Morgan fingerprint density at radius 3 is 2.36 bits per heavy atom. The van der Waals surface area contributed by atoms with E-state index in [4.69, 9.17) is 10.5 Å². The van der Waals surface area contributed by atoms with E-state index in [9.17, 15) is 4.79 Å². The Morgan fingerprint density at radius 2 is 1.68 bits per heavy atom. The smallest absolute Gasteiger partial charge is 0.338 e. The maximum atomic E-state index is 12.2. The van der Waals surface area contributed by atoms with Gasteiger partial charge >= 0.3 is 5.97 Å². The molecule has 0 saturated heterocycles. The van der Waals surface area contributed by atoms with Crippen molar-refractivity contribution in [2.75, 3.05) is 6.61 Å². The first kappa shape index (κ1) is 17.2. The normalized spacial score (nSPS) is 12.1. The molecule has 0 saturated carbocycles. The van der Waals surface area contributed by atoms with Gasteiger partial charge < -0.3 is 10.5 Å². The third-order valence-corrected chi connectivity index (χ3v) is 4.24. The molecule has 128 valence electrons. The maximum absolute atomic E-state index is 12.2. The number of benzene rings is 3. The standard InChI is InChI=1S/C22H23NO2/c1-3-25-22(24)21-9-5-7-19-18(6-4-8-20(19)21)17-12-10-16(11-13-17)14-15(2)23/h4-13,15H,3,14,23H2,1-2H3. The van der Waals surface area contributed by atoms with Crippen molar-refractivity contribution in [3.63, 3.8) is 0 Å². The van der Waals surface area contributed by atoms with Crippen LogP contribution in [0.3, 0.4) is 0 Å². The van der Waals surface area contributed by atoms with Gasteiger partial charge in [0.05, 0.1) is 12.2 Å². The van der Waals surface area contributed by atoms with Crippen molar-refractivity contribution in [3.8, 4) is 11.1 Å². The molecule has 0 aliphatic carbocycles.